The molecule has 17 aromatic carbocycles. The summed E-state index contributed by atoms with van der Waals surface area (Å²) in [6.07, 6.45) is 0. The van der Waals surface area contributed by atoms with Gasteiger partial charge in [-0.1, -0.05) is 218 Å². The van der Waals surface area contributed by atoms with Crippen molar-refractivity contribution >= 4 is 154 Å². The van der Waals surface area contributed by atoms with Gasteiger partial charge in [-0.2, -0.15) is 0 Å². The van der Waals surface area contributed by atoms with E-state index in [-0.39, 0.29) is 0 Å². The lowest BCUT2D eigenvalue weighted by Gasteiger charge is -2.35. The Kier molecular flexibility index (Phi) is 11.5. The van der Waals surface area contributed by atoms with Crippen molar-refractivity contribution in [2.24, 2.45) is 0 Å². The zero-order valence-corrected chi connectivity index (χ0v) is 47.0. The van der Waals surface area contributed by atoms with E-state index in [4.69, 9.17) is 0 Å². The fraction of sp³-hybridized carbons (Fsp3) is 0. The topological polar surface area (TPSA) is 13.0 Å². The number of benzene rings is 15. The number of hydrogen-bond donors (Lipinski definition) is 0. The van der Waals surface area contributed by atoms with Gasteiger partial charge in [0.2, 0.25) is 0 Å². The van der Waals surface area contributed by atoms with Gasteiger partial charge in [-0.3, -0.25) is 0 Å². The fourth-order valence-electron chi connectivity index (χ4n) is 13.7. The van der Waals surface area contributed by atoms with Gasteiger partial charge in [-0.25, -0.2) is 0 Å². The molecule has 0 saturated carbocycles. The first kappa shape index (κ1) is 49.2. The molecule has 0 radical (unpaired) electrons. The van der Waals surface area contributed by atoms with Crippen molar-refractivity contribution in [2.45, 2.75) is 0 Å². The second kappa shape index (κ2) is 20.2. The summed E-state index contributed by atoms with van der Waals surface area (Å²) >= 11 is 0. The number of para-hydroxylation sites is 4. The predicted octanol–water partition coefficient (Wildman–Crippen LogP) is 23.7. The van der Waals surface area contributed by atoms with Crippen LogP contribution in [0.15, 0.2) is 328 Å². The van der Waals surface area contributed by atoms with Crippen LogP contribution in [-0.2, 0) is 0 Å². The normalized spacial score (nSPS) is 11.7. The van der Waals surface area contributed by atoms with Gasteiger partial charge in [0.05, 0.1) is 45.5 Å². The molecule has 0 N–H and O–H groups in total. The van der Waals surface area contributed by atoms with E-state index in [9.17, 15) is 0 Å². The minimum absolute atomic E-state index is 1.08. The first-order valence-corrected chi connectivity index (χ1v) is 29.6. The maximum atomic E-state index is 2.49. The molecule has 0 atom stereocenters. The predicted molar refractivity (Wildman–Crippen MR) is 368 cm³/mol. The summed E-state index contributed by atoms with van der Waals surface area (Å²) < 4.78 is 0. The summed E-state index contributed by atoms with van der Waals surface area (Å²) in [5, 5.41) is 19.4. The number of fused-ring (bicyclic) bond motifs is 12. The highest BCUT2D eigenvalue weighted by Gasteiger charge is 2.31. The Hall–Kier alpha value is -11.5. The molecule has 86 heavy (non-hydrogen) atoms. The van der Waals surface area contributed by atoms with Crippen LogP contribution in [0.1, 0.15) is 0 Å². The van der Waals surface area contributed by atoms with Crippen LogP contribution in [0.25, 0.3) is 86.2 Å². The molecule has 4 heteroatoms. The number of rotatable bonds is 12. The monoisotopic (exact) mass is 1090 g/mol. The van der Waals surface area contributed by atoms with Gasteiger partial charge in [0, 0.05) is 44.3 Å². The van der Waals surface area contributed by atoms with Gasteiger partial charge in [0.1, 0.15) is 0 Å². The van der Waals surface area contributed by atoms with Gasteiger partial charge in [-0.15, -0.1) is 0 Å². The Morgan fingerprint density at radius 3 is 0.547 bits per heavy atom. The lowest BCUT2D eigenvalue weighted by atomic mass is 9.84. The Morgan fingerprint density at radius 1 is 0.128 bits per heavy atom. The SMILES string of the molecule is c1ccc(N(c2cc3c(cc2N(c2ccccc2)c2cccc4ccccc24)c2cc4c5cc(N(c6ccccc6)c6cccc7ccccc67)c(N(c6ccccc6)c6cccc7ccccc67)cc5c4cc32)c2cccc3ccccc23)cc1. The Labute approximate surface area is 498 Å². The highest BCUT2D eigenvalue weighted by Crippen LogP contribution is 2.56. The molecular weight excluding hydrogens is 1040 g/mol. The molecule has 402 valence electrons. The van der Waals surface area contributed by atoms with E-state index in [1.54, 1.807) is 0 Å². The van der Waals surface area contributed by atoms with Crippen molar-refractivity contribution in [1.29, 1.82) is 0 Å². The Balaban J connectivity index is 0.965. The van der Waals surface area contributed by atoms with E-state index in [0.29, 0.717) is 0 Å². The molecule has 0 aliphatic heterocycles. The molecule has 0 amide bonds. The molecule has 0 aliphatic carbocycles. The highest BCUT2D eigenvalue weighted by atomic mass is 15.2. The maximum Gasteiger partial charge on any atom is 0.0709 e. The number of anilines is 12. The van der Waals surface area contributed by atoms with Crippen molar-refractivity contribution in [3.8, 4) is 0 Å². The van der Waals surface area contributed by atoms with Gasteiger partial charge in [0.15, 0.2) is 0 Å². The van der Waals surface area contributed by atoms with Gasteiger partial charge in [0.25, 0.3) is 0 Å². The summed E-state index contributed by atoms with van der Waals surface area (Å²) in [7, 11) is 0. The van der Waals surface area contributed by atoms with E-state index in [0.717, 1.165) is 68.2 Å². The van der Waals surface area contributed by atoms with Gasteiger partial charge >= 0.3 is 0 Å². The quantitative estimate of drug-likeness (QED) is 0.121. The summed E-state index contributed by atoms with van der Waals surface area (Å²) in [5.74, 6) is 0. The lowest BCUT2D eigenvalue weighted by Crippen LogP contribution is -2.18. The molecule has 17 rings (SSSR count). The van der Waals surface area contributed by atoms with E-state index in [1.807, 2.05) is 0 Å². The Bertz CT molecular complexity index is 4690. The average molecular weight is 1100 g/mol. The van der Waals surface area contributed by atoms with Crippen LogP contribution in [0.3, 0.4) is 0 Å². The summed E-state index contributed by atoms with van der Waals surface area (Å²) in [6.45, 7) is 0. The van der Waals surface area contributed by atoms with Crippen LogP contribution in [0.5, 0.6) is 0 Å². The molecule has 0 fully saturated rings. The number of hydrogen-bond acceptors (Lipinski definition) is 4. The third kappa shape index (κ3) is 7.92. The van der Waals surface area contributed by atoms with Crippen LogP contribution in [0.2, 0.25) is 0 Å². The summed E-state index contributed by atoms with van der Waals surface area (Å²) in [5.41, 5.74) is 13.0. The van der Waals surface area contributed by atoms with Crippen LogP contribution in [-0.4, -0.2) is 0 Å². The molecule has 17 aromatic rings. The largest absolute Gasteiger partial charge is 0.308 e. The van der Waals surface area contributed by atoms with Crippen LogP contribution >= 0.6 is 0 Å². The third-order valence-electron chi connectivity index (χ3n) is 17.6. The molecule has 0 heterocycles. The van der Waals surface area contributed by atoms with E-state index in [2.05, 4.69) is 347 Å². The second-order valence-corrected chi connectivity index (χ2v) is 22.4. The van der Waals surface area contributed by atoms with E-state index >= 15 is 0 Å². The summed E-state index contributed by atoms with van der Waals surface area (Å²) in [4.78, 5) is 9.95. The van der Waals surface area contributed by atoms with E-state index in [1.165, 1.54) is 86.2 Å². The van der Waals surface area contributed by atoms with Crippen molar-refractivity contribution in [3.05, 3.63) is 328 Å². The zero-order valence-electron chi connectivity index (χ0n) is 47.0. The average Bonchev–Trinajstić information content (AvgIpc) is 0.782. The van der Waals surface area contributed by atoms with Gasteiger partial charge in [-0.05, 0) is 174 Å². The third-order valence-corrected chi connectivity index (χ3v) is 17.6. The molecule has 0 bridgehead atoms. The van der Waals surface area contributed by atoms with Crippen LogP contribution in [0.4, 0.5) is 68.2 Å². The molecule has 0 aromatic heterocycles. The summed E-state index contributed by atoms with van der Waals surface area (Å²) in [6, 6.07) is 120. The Morgan fingerprint density at radius 2 is 0.314 bits per heavy atom. The minimum atomic E-state index is 1.08. The zero-order chi connectivity index (χ0) is 56.7. The smallest absolute Gasteiger partial charge is 0.0709 e. The van der Waals surface area contributed by atoms with Gasteiger partial charge < -0.3 is 19.6 Å². The minimum Gasteiger partial charge on any atom is -0.308 e. The molecule has 0 unspecified atom stereocenters. The first-order chi connectivity index (χ1) is 42.7. The first-order valence-electron chi connectivity index (χ1n) is 29.6. The molecule has 0 aliphatic rings. The lowest BCUT2D eigenvalue weighted by molar-refractivity contribution is 1.24. The molecular formula is C82H54N4. The van der Waals surface area contributed by atoms with Crippen molar-refractivity contribution in [3.63, 3.8) is 0 Å². The van der Waals surface area contributed by atoms with E-state index < -0.39 is 0 Å². The highest BCUT2D eigenvalue weighted by molar-refractivity contribution is 6.36. The second-order valence-electron chi connectivity index (χ2n) is 22.4. The number of nitrogens with zero attached hydrogens (tertiary/aromatic N) is 4. The maximum absolute atomic E-state index is 2.49. The van der Waals surface area contributed by atoms with Crippen molar-refractivity contribution in [2.75, 3.05) is 19.6 Å². The van der Waals surface area contributed by atoms with Crippen molar-refractivity contribution in [1.82, 2.24) is 0 Å². The standard InChI is InChI=1S/C82H54N4/c1-5-33-59(34-6-1)83(75-45-21-29-55-25-13-17-41-63(55)75)79-51-71-67-49-69-70(50-68(67)72(71)52-80(79)84(60-35-7-2-8-36-60)76-46-22-30-56-26-14-18-42-64(56)76)74-54-82(86(62-39-11-4-12-40-62)78-48-24-32-58-28-16-20-44-66(58)78)81(53-73(69)74)85(61-37-9-3-10-38-61)77-47-23-31-57-27-15-19-43-65(57)77/h1-54H. The molecule has 4 nitrogen and oxygen atoms in total. The molecule has 0 spiro atoms. The fourth-order valence-corrected chi connectivity index (χ4v) is 13.7. The van der Waals surface area contributed by atoms with Crippen LogP contribution < -0.4 is 19.6 Å². The van der Waals surface area contributed by atoms with Crippen LogP contribution in [0, 0.1) is 0 Å². The van der Waals surface area contributed by atoms with Crippen molar-refractivity contribution < 1.29 is 0 Å². The molecule has 0 saturated heterocycles.